The van der Waals surface area contributed by atoms with E-state index in [1.165, 1.54) is 13.2 Å². The summed E-state index contributed by atoms with van der Waals surface area (Å²) in [5.74, 6) is 0.0112. The van der Waals surface area contributed by atoms with Crippen molar-refractivity contribution in [3.8, 4) is 0 Å². The molecule has 2 N–H and O–H groups in total. The number of nitrogens with zero attached hydrogens (tertiary/aromatic N) is 1. The lowest BCUT2D eigenvalue weighted by atomic mass is 10.5. The van der Waals surface area contributed by atoms with Gasteiger partial charge in [0.1, 0.15) is 5.84 Å². The summed E-state index contributed by atoms with van der Waals surface area (Å²) in [5.41, 5.74) is 5.17. The van der Waals surface area contributed by atoms with Crippen LogP contribution in [0.3, 0.4) is 0 Å². The zero-order chi connectivity index (χ0) is 8.48. The molecule has 11 heavy (non-hydrogen) atoms. The highest BCUT2D eigenvalue weighted by Crippen LogP contribution is 2.14. The van der Waals surface area contributed by atoms with Gasteiger partial charge in [-0.1, -0.05) is 0 Å². The maximum Gasteiger partial charge on any atom is 0.282 e. The van der Waals surface area contributed by atoms with Gasteiger partial charge in [0.15, 0.2) is 0 Å². The highest BCUT2D eigenvalue weighted by molar-refractivity contribution is 7.94. The van der Waals surface area contributed by atoms with Gasteiger partial charge in [-0.25, -0.2) is 0 Å². The average Bonchev–Trinajstić information content (AvgIpc) is 2.07. The van der Waals surface area contributed by atoms with Gasteiger partial charge < -0.3 is 10.5 Å². The normalized spacial score (nSPS) is 21.2. The molecule has 0 saturated heterocycles. The van der Waals surface area contributed by atoms with E-state index >= 15 is 0 Å². The standard InChI is InChI=1S/C5H8N2O3S/c1-10-3-4-2-5(6)7-11(4,8)9/h2H,3H2,1H3,(H2,6,7). The lowest BCUT2D eigenvalue weighted by molar-refractivity contribution is 0.230. The summed E-state index contributed by atoms with van der Waals surface area (Å²) in [6.07, 6.45) is 1.29. The van der Waals surface area contributed by atoms with Gasteiger partial charge in [0.25, 0.3) is 10.0 Å². The van der Waals surface area contributed by atoms with Crippen LogP contribution in [0.1, 0.15) is 0 Å². The molecule has 1 heterocycles. The Morgan fingerprint density at radius 2 is 2.36 bits per heavy atom. The third-order valence-electron chi connectivity index (χ3n) is 1.15. The molecule has 0 fully saturated rings. The molecular weight excluding hydrogens is 168 g/mol. The third kappa shape index (κ3) is 1.58. The number of sulfonamides is 1. The number of nitrogens with two attached hydrogens (primary N) is 1. The smallest absolute Gasteiger partial charge is 0.282 e. The number of methoxy groups -OCH3 is 1. The van der Waals surface area contributed by atoms with Crippen LogP contribution in [0, 0.1) is 0 Å². The zero-order valence-electron chi connectivity index (χ0n) is 5.94. The SMILES string of the molecule is COCC1=CC(N)=NS1(=O)=O. The fourth-order valence-corrected chi connectivity index (χ4v) is 1.71. The van der Waals surface area contributed by atoms with Crippen LogP contribution in [0.2, 0.25) is 0 Å². The first-order valence-electron chi connectivity index (χ1n) is 2.86. The first kappa shape index (κ1) is 8.22. The number of rotatable bonds is 2. The van der Waals surface area contributed by atoms with Crippen LogP contribution in [-0.2, 0) is 14.8 Å². The predicted molar refractivity (Wildman–Crippen MR) is 40.5 cm³/mol. The van der Waals surface area contributed by atoms with Crippen LogP contribution in [0.25, 0.3) is 0 Å². The Balaban J connectivity index is 2.95. The quantitative estimate of drug-likeness (QED) is 0.598. The van der Waals surface area contributed by atoms with Crippen molar-refractivity contribution in [1.82, 2.24) is 0 Å². The minimum absolute atomic E-state index is 0.0112. The van der Waals surface area contributed by atoms with Crippen molar-refractivity contribution in [3.05, 3.63) is 11.0 Å². The van der Waals surface area contributed by atoms with E-state index < -0.39 is 10.0 Å². The van der Waals surface area contributed by atoms with Crippen molar-refractivity contribution in [1.29, 1.82) is 0 Å². The summed E-state index contributed by atoms with van der Waals surface area (Å²) >= 11 is 0. The van der Waals surface area contributed by atoms with E-state index in [1.54, 1.807) is 0 Å². The first-order valence-corrected chi connectivity index (χ1v) is 4.30. The molecule has 0 aromatic carbocycles. The van der Waals surface area contributed by atoms with Gasteiger partial charge in [0.2, 0.25) is 0 Å². The Morgan fingerprint density at radius 1 is 1.73 bits per heavy atom. The zero-order valence-corrected chi connectivity index (χ0v) is 6.76. The molecule has 1 rings (SSSR count). The number of amidine groups is 1. The van der Waals surface area contributed by atoms with Gasteiger partial charge in [0.05, 0.1) is 11.5 Å². The van der Waals surface area contributed by atoms with E-state index in [2.05, 4.69) is 9.13 Å². The van der Waals surface area contributed by atoms with Crippen molar-refractivity contribution < 1.29 is 13.2 Å². The minimum Gasteiger partial charge on any atom is -0.383 e. The van der Waals surface area contributed by atoms with E-state index in [-0.39, 0.29) is 17.3 Å². The summed E-state index contributed by atoms with van der Waals surface area (Å²) in [6, 6.07) is 0. The molecule has 0 atom stereocenters. The number of hydrogen-bond acceptors (Lipinski definition) is 4. The molecule has 0 saturated carbocycles. The third-order valence-corrected chi connectivity index (χ3v) is 2.50. The first-order chi connectivity index (χ1) is 5.06. The summed E-state index contributed by atoms with van der Waals surface area (Å²) in [4.78, 5) is 0.109. The van der Waals surface area contributed by atoms with Gasteiger partial charge in [-0.15, -0.1) is 4.40 Å². The van der Waals surface area contributed by atoms with Crippen LogP contribution in [0.4, 0.5) is 0 Å². The van der Waals surface area contributed by atoms with Crippen LogP contribution in [0.5, 0.6) is 0 Å². The molecule has 0 aliphatic carbocycles. The Morgan fingerprint density at radius 3 is 2.73 bits per heavy atom. The maximum atomic E-state index is 10.9. The van der Waals surface area contributed by atoms with Crippen LogP contribution >= 0.6 is 0 Å². The fraction of sp³-hybridized carbons (Fsp3) is 0.400. The molecular formula is C5H8N2O3S. The molecule has 5 nitrogen and oxygen atoms in total. The Bertz CT molecular complexity index is 315. The van der Waals surface area contributed by atoms with Gasteiger partial charge >= 0.3 is 0 Å². The van der Waals surface area contributed by atoms with Gasteiger partial charge in [-0.2, -0.15) is 8.42 Å². The second-order valence-corrected chi connectivity index (χ2v) is 3.69. The summed E-state index contributed by atoms with van der Waals surface area (Å²) in [6.45, 7) is 0.0204. The van der Waals surface area contributed by atoms with E-state index in [9.17, 15) is 8.42 Å². The molecule has 1 aliphatic rings. The predicted octanol–water partition coefficient (Wildman–Crippen LogP) is -0.783. The van der Waals surface area contributed by atoms with E-state index in [4.69, 9.17) is 5.73 Å². The Kier molecular flexibility index (Phi) is 1.97. The molecule has 0 aromatic heterocycles. The monoisotopic (exact) mass is 176 g/mol. The van der Waals surface area contributed by atoms with Crippen molar-refractivity contribution in [2.24, 2.45) is 10.1 Å². The summed E-state index contributed by atoms with van der Waals surface area (Å²) in [7, 11) is -2.09. The van der Waals surface area contributed by atoms with E-state index in [0.29, 0.717) is 0 Å². The molecule has 62 valence electrons. The maximum absolute atomic E-state index is 10.9. The molecule has 0 spiro atoms. The lowest BCUT2D eigenvalue weighted by Crippen LogP contribution is -2.04. The largest absolute Gasteiger partial charge is 0.383 e. The average molecular weight is 176 g/mol. The van der Waals surface area contributed by atoms with Crippen molar-refractivity contribution in [2.45, 2.75) is 0 Å². The van der Waals surface area contributed by atoms with E-state index in [1.807, 2.05) is 0 Å². The number of hydrogen-bond donors (Lipinski definition) is 1. The molecule has 1 aliphatic heterocycles. The minimum atomic E-state index is -3.50. The summed E-state index contributed by atoms with van der Waals surface area (Å²) in [5, 5.41) is 0. The molecule has 0 bridgehead atoms. The Labute approximate surface area is 64.6 Å². The van der Waals surface area contributed by atoms with Crippen LogP contribution in [-0.4, -0.2) is 28.0 Å². The molecule has 0 aromatic rings. The Hall–Kier alpha value is -0.880. The second-order valence-electron chi connectivity index (χ2n) is 2.03. The van der Waals surface area contributed by atoms with Crippen molar-refractivity contribution in [3.63, 3.8) is 0 Å². The highest BCUT2D eigenvalue weighted by Gasteiger charge is 2.22. The molecule has 0 radical (unpaired) electrons. The van der Waals surface area contributed by atoms with Crippen molar-refractivity contribution in [2.75, 3.05) is 13.7 Å². The molecule has 6 heteroatoms. The molecule has 0 unspecified atom stereocenters. The topological polar surface area (TPSA) is 81.8 Å². The summed E-state index contributed by atoms with van der Waals surface area (Å²) < 4.78 is 29.7. The van der Waals surface area contributed by atoms with Crippen LogP contribution < -0.4 is 5.73 Å². The van der Waals surface area contributed by atoms with Crippen LogP contribution in [0.15, 0.2) is 15.4 Å². The van der Waals surface area contributed by atoms with Gasteiger partial charge in [-0.3, -0.25) is 0 Å². The highest BCUT2D eigenvalue weighted by atomic mass is 32.2. The fourth-order valence-electron chi connectivity index (χ4n) is 0.722. The second kappa shape index (κ2) is 2.63. The van der Waals surface area contributed by atoms with Crippen molar-refractivity contribution >= 4 is 15.9 Å². The van der Waals surface area contributed by atoms with Gasteiger partial charge in [-0.05, 0) is 6.08 Å². The van der Waals surface area contributed by atoms with Gasteiger partial charge in [0, 0.05) is 7.11 Å². The van der Waals surface area contributed by atoms with E-state index in [0.717, 1.165) is 0 Å². The lowest BCUT2D eigenvalue weighted by Gasteiger charge is -1.95. The molecule has 0 amide bonds. The number of ether oxygens (including phenoxy) is 1.